The van der Waals surface area contributed by atoms with Gasteiger partial charge in [0.05, 0.1) is 17.3 Å². The summed E-state index contributed by atoms with van der Waals surface area (Å²) in [4.78, 5) is 14.0. The van der Waals surface area contributed by atoms with Crippen molar-refractivity contribution in [2.75, 3.05) is 0 Å². The molecule has 0 bridgehead atoms. The van der Waals surface area contributed by atoms with Gasteiger partial charge in [-0.1, -0.05) is 62.7 Å². The number of rotatable bonds is 6. The summed E-state index contributed by atoms with van der Waals surface area (Å²) in [5.74, 6) is 0.920. The fourth-order valence-corrected chi connectivity index (χ4v) is 11.7. The monoisotopic (exact) mass is 642 g/mol. The first kappa shape index (κ1) is 32.4. The highest BCUT2D eigenvalue weighted by Gasteiger charge is 2.71. The molecule has 42 heavy (non-hydrogen) atoms. The van der Waals surface area contributed by atoms with Gasteiger partial charge in [-0.15, -0.1) is 0 Å². The molecular formula is C37H55BrO4. The molecule has 0 heterocycles. The molecular weight excluding hydrogens is 588 g/mol. The van der Waals surface area contributed by atoms with Crippen LogP contribution in [0.25, 0.3) is 6.08 Å². The Hall–Kier alpha value is -1.01. The lowest BCUT2D eigenvalue weighted by Gasteiger charge is -2.70. The molecule has 0 spiro atoms. The molecule has 234 valence electrons. The number of aliphatic hydroxyl groups excluding tert-OH is 1. The Balaban J connectivity index is 1.49. The van der Waals surface area contributed by atoms with Crippen LogP contribution in [0.3, 0.4) is 0 Å². The fraction of sp³-hybridized carbons (Fsp3) is 0.757. The van der Waals surface area contributed by atoms with Crippen LogP contribution in [-0.2, 0) is 4.79 Å². The Morgan fingerprint density at radius 1 is 0.976 bits per heavy atom. The highest BCUT2D eigenvalue weighted by Crippen LogP contribution is 2.75. The van der Waals surface area contributed by atoms with Crippen molar-refractivity contribution in [1.29, 1.82) is 0 Å². The Morgan fingerprint density at radius 3 is 2.29 bits per heavy atom. The van der Waals surface area contributed by atoms with E-state index >= 15 is 0 Å². The van der Waals surface area contributed by atoms with E-state index in [1.54, 1.807) is 0 Å². The highest BCUT2D eigenvalue weighted by atomic mass is 79.9. The van der Waals surface area contributed by atoms with Crippen molar-refractivity contribution in [3.05, 3.63) is 39.9 Å². The van der Waals surface area contributed by atoms with Gasteiger partial charge in [0.2, 0.25) is 0 Å². The van der Waals surface area contributed by atoms with Gasteiger partial charge >= 0.3 is 0 Å². The topological polar surface area (TPSA) is 77.8 Å². The first-order valence-corrected chi connectivity index (χ1v) is 17.2. The number of halogens is 1. The zero-order chi connectivity index (χ0) is 31.1. The van der Waals surface area contributed by atoms with Crippen molar-refractivity contribution in [3.8, 4) is 0 Å². The lowest BCUT2D eigenvalue weighted by Crippen LogP contribution is -2.66. The molecule has 0 aliphatic heterocycles. The van der Waals surface area contributed by atoms with Gasteiger partial charge < -0.3 is 15.3 Å². The minimum atomic E-state index is -0.877. The maximum atomic E-state index is 14.0. The Morgan fingerprint density at radius 2 is 1.64 bits per heavy atom. The molecule has 4 nitrogen and oxygen atoms in total. The van der Waals surface area contributed by atoms with E-state index in [-0.39, 0.29) is 45.7 Å². The minimum Gasteiger partial charge on any atom is -0.393 e. The first-order chi connectivity index (χ1) is 19.3. The van der Waals surface area contributed by atoms with Crippen molar-refractivity contribution in [3.63, 3.8) is 0 Å². The molecule has 5 heteroatoms. The van der Waals surface area contributed by atoms with Crippen molar-refractivity contribution >= 4 is 27.8 Å². The molecule has 5 rings (SSSR count). The maximum Gasteiger partial charge on any atom is 0.164 e. The maximum absolute atomic E-state index is 14.0. The number of hydrogen-bond donors (Lipinski definition) is 3. The number of carbonyl (C=O) groups excluding carboxylic acids is 1. The van der Waals surface area contributed by atoms with Gasteiger partial charge in [-0.2, -0.15) is 0 Å². The van der Waals surface area contributed by atoms with Gasteiger partial charge in [0, 0.05) is 9.89 Å². The van der Waals surface area contributed by atoms with Crippen LogP contribution in [0.2, 0.25) is 0 Å². The van der Waals surface area contributed by atoms with E-state index in [0.29, 0.717) is 12.8 Å². The second kappa shape index (κ2) is 10.5. The normalized spacial score (nSPS) is 42.0. The van der Waals surface area contributed by atoms with E-state index in [0.717, 1.165) is 60.6 Å². The predicted molar refractivity (Wildman–Crippen MR) is 174 cm³/mol. The molecule has 0 radical (unpaired) electrons. The van der Waals surface area contributed by atoms with Crippen molar-refractivity contribution < 1.29 is 20.1 Å². The number of ketones is 1. The summed E-state index contributed by atoms with van der Waals surface area (Å²) < 4.78 is 1.01. The van der Waals surface area contributed by atoms with Gasteiger partial charge in [0.1, 0.15) is 0 Å². The fourth-order valence-electron chi connectivity index (χ4n) is 11.3. The average molecular weight is 644 g/mol. The number of benzene rings is 1. The molecule has 0 aromatic heterocycles. The van der Waals surface area contributed by atoms with Crippen molar-refractivity contribution in [2.45, 2.75) is 130 Å². The third-order valence-corrected chi connectivity index (χ3v) is 13.9. The standard InChI is InChI=1S/C37H55BrO4/c1-32(2,41)15-10-16-37(8,42)26-13-17-36(7)30(26)27(39)21-29-34(5)22-24(19-23-11-9-12-25(38)20-23)31(40)33(3,4)28(34)14-18-35(29,36)6/h9,11-12,19-20,26-30,39,41-42H,10,13-18,21-22H2,1-8H3/b24-19+/t26-,27+,28-,29+,30-,34-,35+,36+,37+/m0/s1. The Kier molecular flexibility index (Phi) is 8.12. The zero-order valence-electron chi connectivity index (χ0n) is 27.3. The summed E-state index contributed by atoms with van der Waals surface area (Å²) in [6.45, 7) is 17.3. The average Bonchev–Trinajstić information content (AvgIpc) is 3.24. The van der Waals surface area contributed by atoms with E-state index in [4.69, 9.17) is 0 Å². The number of aliphatic hydroxyl groups is 3. The lowest BCUT2D eigenvalue weighted by molar-refractivity contribution is -0.228. The van der Waals surface area contributed by atoms with Gasteiger partial charge in [0.15, 0.2) is 5.78 Å². The summed E-state index contributed by atoms with van der Waals surface area (Å²) in [5.41, 5.74) is -0.295. The number of Topliss-reactive ketones (excluding diaryl/α,β-unsaturated/α-hetero) is 1. The number of carbonyl (C=O) groups is 1. The summed E-state index contributed by atoms with van der Waals surface area (Å²) in [6, 6.07) is 8.18. The zero-order valence-corrected chi connectivity index (χ0v) is 28.9. The van der Waals surface area contributed by atoms with Crippen molar-refractivity contribution in [1.82, 2.24) is 0 Å². The van der Waals surface area contributed by atoms with E-state index < -0.39 is 22.7 Å². The molecule has 0 saturated heterocycles. The molecule has 9 atom stereocenters. The first-order valence-electron chi connectivity index (χ1n) is 16.4. The summed E-state index contributed by atoms with van der Waals surface area (Å²) >= 11 is 3.59. The third kappa shape index (κ3) is 5.11. The predicted octanol–water partition coefficient (Wildman–Crippen LogP) is 8.36. The summed E-state index contributed by atoms with van der Waals surface area (Å²) in [7, 11) is 0. The number of fused-ring (bicyclic) bond motifs is 5. The largest absolute Gasteiger partial charge is 0.393 e. The summed E-state index contributed by atoms with van der Waals surface area (Å²) in [6.07, 6.45) is 9.20. The molecule has 3 N–H and O–H groups in total. The Labute approximate surface area is 262 Å². The third-order valence-electron chi connectivity index (χ3n) is 13.4. The van der Waals surface area contributed by atoms with Gasteiger partial charge in [-0.3, -0.25) is 4.79 Å². The highest BCUT2D eigenvalue weighted by molar-refractivity contribution is 9.10. The summed E-state index contributed by atoms with van der Waals surface area (Å²) in [5, 5.41) is 34.2. The smallest absolute Gasteiger partial charge is 0.164 e. The molecule has 1 aromatic rings. The van der Waals surface area contributed by atoms with Gasteiger partial charge in [0.25, 0.3) is 0 Å². The van der Waals surface area contributed by atoms with E-state index in [9.17, 15) is 20.1 Å². The Bertz CT molecular complexity index is 1240. The molecule has 0 amide bonds. The van der Waals surface area contributed by atoms with E-state index in [1.807, 2.05) is 32.9 Å². The second-order valence-corrected chi connectivity index (χ2v) is 17.8. The van der Waals surface area contributed by atoms with E-state index in [1.165, 1.54) is 0 Å². The van der Waals surface area contributed by atoms with Crippen LogP contribution in [0.1, 0.15) is 119 Å². The molecule has 0 unspecified atom stereocenters. The van der Waals surface area contributed by atoms with Gasteiger partial charge in [-0.05, 0) is 148 Å². The van der Waals surface area contributed by atoms with Crippen LogP contribution in [-0.4, -0.2) is 38.4 Å². The van der Waals surface area contributed by atoms with Crippen LogP contribution in [0.4, 0.5) is 0 Å². The molecule has 4 fully saturated rings. The SMILES string of the molecule is CC(C)(O)CCC[C@@](C)(O)[C@H]1CC[C@]2(C)[C@@H]1[C@H](O)C[C@@H]1[C@@]3(C)C/C(=C\c4cccc(Br)c4)C(=O)C(C)(C)[C@@H]3CC[C@]12C. The van der Waals surface area contributed by atoms with Crippen LogP contribution < -0.4 is 0 Å². The van der Waals surface area contributed by atoms with Crippen LogP contribution in [0, 0.1) is 45.3 Å². The second-order valence-electron chi connectivity index (χ2n) is 16.9. The number of allylic oxidation sites excluding steroid dienone is 1. The quantitative estimate of drug-likeness (QED) is 0.272. The minimum absolute atomic E-state index is 0.0113. The van der Waals surface area contributed by atoms with Crippen LogP contribution >= 0.6 is 15.9 Å². The molecule has 4 aliphatic carbocycles. The van der Waals surface area contributed by atoms with Crippen LogP contribution in [0.15, 0.2) is 34.3 Å². The van der Waals surface area contributed by atoms with Crippen molar-refractivity contribution in [2.24, 2.45) is 45.3 Å². The van der Waals surface area contributed by atoms with Gasteiger partial charge in [-0.25, -0.2) is 0 Å². The van der Waals surface area contributed by atoms with Crippen LogP contribution in [0.5, 0.6) is 0 Å². The molecule has 1 aromatic carbocycles. The molecule has 4 aliphatic rings. The molecule has 4 saturated carbocycles. The lowest BCUT2D eigenvalue weighted by atomic mass is 9.35. The number of hydrogen-bond acceptors (Lipinski definition) is 4. The van der Waals surface area contributed by atoms with E-state index in [2.05, 4.69) is 68.8 Å².